The molecule has 0 saturated heterocycles. The fraction of sp³-hybridized carbons (Fsp3) is 0.238. The van der Waals surface area contributed by atoms with Gasteiger partial charge in [-0.25, -0.2) is 9.97 Å². The maximum absolute atomic E-state index is 4.66. The third-order valence-electron chi connectivity index (χ3n) is 2.96. The van der Waals surface area contributed by atoms with Crippen LogP contribution < -0.4 is 0 Å². The summed E-state index contributed by atoms with van der Waals surface area (Å²) in [6.45, 7) is 10.0. The Morgan fingerprint density at radius 1 is 0.609 bits per heavy atom. The van der Waals surface area contributed by atoms with E-state index in [1.165, 1.54) is 0 Å². The monoisotopic (exact) mass is 306 g/mol. The Hall–Kier alpha value is -2.48. The normalized spacial score (nSPS) is 9.09. The van der Waals surface area contributed by atoms with Gasteiger partial charge >= 0.3 is 0 Å². The lowest BCUT2D eigenvalue weighted by molar-refractivity contribution is 1.11. The molecule has 2 aromatic carbocycles. The minimum atomic E-state index is 0.777. The summed E-state index contributed by atoms with van der Waals surface area (Å²) in [5.74, 6) is 0.777. The molecule has 3 aromatic rings. The minimum Gasteiger partial charge on any atom is -0.233 e. The molecule has 2 heteroatoms. The van der Waals surface area contributed by atoms with Gasteiger partial charge in [-0.05, 0) is 13.0 Å². The molecule has 0 spiro atoms. The van der Waals surface area contributed by atoms with Gasteiger partial charge in [-0.2, -0.15) is 0 Å². The maximum atomic E-state index is 4.66. The van der Waals surface area contributed by atoms with E-state index in [0.29, 0.717) is 0 Å². The van der Waals surface area contributed by atoms with Crippen molar-refractivity contribution in [3.8, 4) is 22.6 Å². The summed E-state index contributed by atoms with van der Waals surface area (Å²) in [7, 11) is 0. The molecule has 0 bridgehead atoms. The molecule has 0 aliphatic carbocycles. The Morgan fingerprint density at radius 3 is 1.61 bits per heavy atom. The summed E-state index contributed by atoms with van der Waals surface area (Å²) in [5.41, 5.74) is 4.10. The van der Waals surface area contributed by atoms with Crippen LogP contribution in [-0.4, -0.2) is 9.97 Å². The molecule has 3 rings (SSSR count). The highest BCUT2D eigenvalue weighted by atomic mass is 14.9. The first-order valence-corrected chi connectivity index (χ1v) is 8.29. The zero-order chi connectivity index (χ0) is 17.1. The number of aryl methyl sites for hydroxylation is 1. The number of hydrogen-bond acceptors (Lipinski definition) is 2. The Labute approximate surface area is 140 Å². The molecule has 0 fully saturated rings. The van der Waals surface area contributed by atoms with Gasteiger partial charge in [0.05, 0.1) is 5.69 Å². The van der Waals surface area contributed by atoms with Gasteiger partial charge in [-0.3, -0.25) is 0 Å². The van der Waals surface area contributed by atoms with Gasteiger partial charge in [-0.15, -0.1) is 0 Å². The molecule has 0 amide bonds. The van der Waals surface area contributed by atoms with Crippen LogP contribution in [0, 0.1) is 6.92 Å². The lowest BCUT2D eigenvalue weighted by atomic mass is 10.1. The van der Waals surface area contributed by atoms with Gasteiger partial charge in [0.1, 0.15) is 0 Å². The van der Waals surface area contributed by atoms with Crippen LogP contribution in [0.5, 0.6) is 0 Å². The van der Waals surface area contributed by atoms with Crippen LogP contribution in [0.25, 0.3) is 22.6 Å². The van der Waals surface area contributed by atoms with Crippen LogP contribution in [-0.2, 0) is 0 Å². The first kappa shape index (κ1) is 18.6. The second-order valence-corrected chi connectivity index (χ2v) is 4.45. The van der Waals surface area contributed by atoms with E-state index >= 15 is 0 Å². The predicted molar refractivity (Wildman–Crippen MR) is 100 cm³/mol. The van der Waals surface area contributed by atoms with E-state index in [1.54, 1.807) is 0 Å². The van der Waals surface area contributed by atoms with E-state index in [-0.39, 0.29) is 0 Å². The molecule has 0 saturated carbocycles. The summed E-state index contributed by atoms with van der Waals surface area (Å²) in [4.78, 5) is 9.18. The van der Waals surface area contributed by atoms with Crippen molar-refractivity contribution in [2.24, 2.45) is 0 Å². The van der Waals surface area contributed by atoms with E-state index < -0.39 is 0 Å². The second kappa shape index (κ2) is 10.3. The van der Waals surface area contributed by atoms with Crippen LogP contribution in [0.3, 0.4) is 0 Å². The summed E-state index contributed by atoms with van der Waals surface area (Å²) in [5, 5.41) is 0. The zero-order valence-electron chi connectivity index (χ0n) is 14.7. The van der Waals surface area contributed by atoms with Gasteiger partial charge in [0.15, 0.2) is 5.82 Å². The fourth-order valence-electron chi connectivity index (χ4n) is 2.04. The number of aromatic nitrogens is 2. The van der Waals surface area contributed by atoms with Crippen molar-refractivity contribution in [3.05, 3.63) is 72.4 Å². The van der Waals surface area contributed by atoms with Crippen molar-refractivity contribution in [3.63, 3.8) is 0 Å². The van der Waals surface area contributed by atoms with Gasteiger partial charge in [-0.1, -0.05) is 88.4 Å². The van der Waals surface area contributed by atoms with Crippen molar-refractivity contribution >= 4 is 0 Å². The lowest BCUT2D eigenvalue weighted by Gasteiger charge is -2.06. The SMILES string of the molecule is CC.CC.Cc1cc(-c2ccccc2)nc(-c2ccccc2)n1. The largest absolute Gasteiger partial charge is 0.233 e. The van der Waals surface area contributed by atoms with Crippen molar-refractivity contribution in [1.82, 2.24) is 9.97 Å². The van der Waals surface area contributed by atoms with Crippen molar-refractivity contribution in [1.29, 1.82) is 0 Å². The van der Waals surface area contributed by atoms with Crippen molar-refractivity contribution in [2.45, 2.75) is 34.6 Å². The average molecular weight is 306 g/mol. The van der Waals surface area contributed by atoms with Gasteiger partial charge in [0.25, 0.3) is 0 Å². The summed E-state index contributed by atoms with van der Waals surface area (Å²) < 4.78 is 0. The molecule has 0 unspecified atom stereocenters. The quantitative estimate of drug-likeness (QED) is 0.565. The molecular weight excluding hydrogens is 280 g/mol. The third kappa shape index (κ3) is 5.33. The van der Waals surface area contributed by atoms with Crippen LogP contribution in [0.15, 0.2) is 66.7 Å². The van der Waals surface area contributed by atoms with Crippen LogP contribution in [0.1, 0.15) is 33.4 Å². The molecule has 0 N–H and O–H groups in total. The number of rotatable bonds is 2. The molecule has 2 nitrogen and oxygen atoms in total. The van der Waals surface area contributed by atoms with Gasteiger partial charge in [0.2, 0.25) is 0 Å². The van der Waals surface area contributed by atoms with Gasteiger partial charge < -0.3 is 0 Å². The topological polar surface area (TPSA) is 25.8 Å². The molecule has 23 heavy (non-hydrogen) atoms. The third-order valence-corrected chi connectivity index (χ3v) is 2.96. The van der Waals surface area contributed by atoms with Gasteiger partial charge in [0, 0.05) is 16.8 Å². The molecule has 120 valence electrons. The zero-order valence-corrected chi connectivity index (χ0v) is 14.7. The molecule has 0 aliphatic heterocycles. The second-order valence-electron chi connectivity index (χ2n) is 4.45. The number of benzene rings is 2. The summed E-state index contributed by atoms with van der Waals surface area (Å²) >= 11 is 0. The molecule has 0 atom stereocenters. The average Bonchev–Trinajstić information content (AvgIpc) is 2.66. The Balaban J connectivity index is 0.000000615. The van der Waals surface area contributed by atoms with Crippen LogP contribution >= 0.6 is 0 Å². The van der Waals surface area contributed by atoms with E-state index in [4.69, 9.17) is 0 Å². The minimum absolute atomic E-state index is 0.777. The summed E-state index contributed by atoms with van der Waals surface area (Å²) in [6.07, 6.45) is 0. The number of nitrogens with zero attached hydrogens (tertiary/aromatic N) is 2. The van der Waals surface area contributed by atoms with Crippen molar-refractivity contribution in [2.75, 3.05) is 0 Å². The smallest absolute Gasteiger partial charge is 0.160 e. The van der Waals surface area contributed by atoms with E-state index in [2.05, 4.69) is 22.1 Å². The van der Waals surface area contributed by atoms with E-state index in [9.17, 15) is 0 Å². The molecule has 0 aliphatic rings. The molecule has 1 heterocycles. The van der Waals surface area contributed by atoms with E-state index in [1.807, 2.05) is 89.2 Å². The summed E-state index contributed by atoms with van der Waals surface area (Å²) in [6, 6.07) is 22.3. The maximum Gasteiger partial charge on any atom is 0.160 e. The van der Waals surface area contributed by atoms with E-state index in [0.717, 1.165) is 28.3 Å². The Bertz CT molecular complexity index is 619. The molecular formula is C21H26N2. The Morgan fingerprint density at radius 2 is 1.09 bits per heavy atom. The fourth-order valence-corrected chi connectivity index (χ4v) is 2.04. The highest BCUT2D eigenvalue weighted by Gasteiger charge is 2.05. The first-order valence-electron chi connectivity index (χ1n) is 8.29. The standard InChI is InChI=1S/C17H14N2.2C2H6/c1-13-12-16(14-8-4-2-5-9-14)19-17(18-13)15-10-6-3-7-11-15;2*1-2/h2-12H,1H3;2*1-2H3. The predicted octanol–water partition coefficient (Wildman–Crippen LogP) is 6.17. The van der Waals surface area contributed by atoms with Crippen LogP contribution in [0.4, 0.5) is 0 Å². The Kier molecular flexibility index (Phi) is 8.30. The highest BCUT2D eigenvalue weighted by molar-refractivity contribution is 5.64. The highest BCUT2D eigenvalue weighted by Crippen LogP contribution is 2.21. The number of hydrogen-bond donors (Lipinski definition) is 0. The lowest BCUT2D eigenvalue weighted by Crippen LogP contribution is -1.94. The molecule has 0 radical (unpaired) electrons. The van der Waals surface area contributed by atoms with Crippen LogP contribution in [0.2, 0.25) is 0 Å². The van der Waals surface area contributed by atoms with Crippen molar-refractivity contribution < 1.29 is 0 Å². The first-order chi connectivity index (χ1) is 11.3. The molecule has 1 aromatic heterocycles.